The number of rotatable bonds is 0. The minimum absolute atomic E-state index is 0.293. The third-order valence-electron chi connectivity index (χ3n) is 3.30. The van der Waals surface area contributed by atoms with Crippen molar-refractivity contribution in [1.82, 2.24) is 0 Å². The molecular weight excluding hydrogens is 254 g/mol. The fourth-order valence-corrected chi connectivity index (χ4v) is 3.11. The molecule has 2 heterocycles. The van der Waals surface area contributed by atoms with Crippen LogP contribution in [0.2, 0.25) is 0 Å². The summed E-state index contributed by atoms with van der Waals surface area (Å²) in [7, 11) is 0. The minimum atomic E-state index is 0.293. The molecule has 2 aliphatic heterocycles. The maximum atomic E-state index is 11.8. The molecule has 3 heteroatoms. The summed E-state index contributed by atoms with van der Waals surface area (Å²) in [5.74, 6) is 0.293. The minimum Gasteiger partial charge on any atom is -0.312 e. The molecule has 15 heavy (non-hydrogen) atoms. The summed E-state index contributed by atoms with van der Waals surface area (Å²) >= 11 is 3.58. The molecule has 0 spiro atoms. The van der Waals surface area contributed by atoms with Gasteiger partial charge in [-0.2, -0.15) is 0 Å². The van der Waals surface area contributed by atoms with Crippen molar-refractivity contribution in [2.45, 2.75) is 25.7 Å². The number of hydrogen-bond acceptors (Lipinski definition) is 1. The van der Waals surface area contributed by atoms with Gasteiger partial charge < -0.3 is 4.90 Å². The molecule has 0 aromatic heterocycles. The lowest BCUT2D eigenvalue weighted by molar-refractivity contribution is -0.119. The second-order valence-corrected chi connectivity index (χ2v) is 5.04. The number of halogens is 1. The summed E-state index contributed by atoms with van der Waals surface area (Å²) in [6.45, 7) is 0.898. The molecule has 0 saturated heterocycles. The van der Waals surface area contributed by atoms with E-state index in [1.165, 1.54) is 16.8 Å². The van der Waals surface area contributed by atoms with Crippen molar-refractivity contribution in [1.29, 1.82) is 0 Å². The fourth-order valence-electron chi connectivity index (χ4n) is 2.59. The van der Waals surface area contributed by atoms with Gasteiger partial charge in [0.05, 0.1) is 5.69 Å². The molecule has 1 aromatic rings. The Morgan fingerprint density at radius 2 is 2.07 bits per heavy atom. The SMILES string of the molecule is O=C1CCc2ccc(Br)c3c2N1CCC3. The van der Waals surface area contributed by atoms with Crippen LogP contribution in [0.4, 0.5) is 5.69 Å². The maximum Gasteiger partial charge on any atom is 0.227 e. The van der Waals surface area contributed by atoms with Crippen LogP contribution in [-0.4, -0.2) is 12.5 Å². The van der Waals surface area contributed by atoms with Crippen LogP contribution in [0.5, 0.6) is 0 Å². The molecule has 0 unspecified atom stereocenters. The van der Waals surface area contributed by atoms with Crippen molar-refractivity contribution in [3.63, 3.8) is 0 Å². The monoisotopic (exact) mass is 265 g/mol. The van der Waals surface area contributed by atoms with Crippen molar-refractivity contribution in [2.24, 2.45) is 0 Å². The lowest BCUT2D eigenvalue weighted by atomic mass is 9.92. The van der Waals surface area contributed by atoms with E-state index in [4.69, 9.17) is 0 Å². The number of benzene rings is 1. The standard InChI is InChI=1S/C12H12BrNO/c13-10-5-3-8-4-6-11(15)14-7-1-2-9(10)12(8)14/h3,5H,1-2,4,6-7H2. The van der Waals surface area contributed by atoms with E-state index in [-0.39, 0.29) is 0 Å². The van der Waals surface area contributed by atoms with Crippen LogP contribution in [0, 0.1) is 0 Å². The van der Waals surface area contributed by atoms with Gasteiger partial charge in [0.2, 0.25) is 5.91 Å². The van der Waals surface area contributed by atoms with Crippen LogP contribution in [0.15, 0.2) is 16.6 Å². The molecule has 78 valence electrons. The van der Waals surface area contributed by atoms with Crippen LogP contribution in [0.3, 0.4) is 0 Å². The lowest BCUT2D eigenvalue weighted by Gasteiger charge is -2.35. The lowest BCUT2D eigenvalue weighted by Crippen LogP contribution is -2.39. The van der Waals surface area contributed by atoms with E-state index in [1.807, 2.05) is 4.90 Å². The van der Waals surface area contributed by atoms with E-state index >= 15 is 0 Å². The third kappa shape index (κ3) is 1.33. The molecule has 0 atom stereocenters. The number of hydrogen-bond donors (Lipinski definition) is 0. The van der Waals surface area contributed by atoms with Gasteiger partial charge in [-0.1, -0.05) is 22.0 Å². The quantitative estimate of drug-likeness (QED) is 0.707. The van der Waals surface area contributed by atoms with Crippen molar-refractivity contribution >= 4 is 27.5 Å². The van der Waals surface area contributed by atoms with Gasteiger partial charge in [-0.25, -0.2) is 0 Å². The number of aryl methyl sites for hydroxylation is 1. The Bertz CT molecular complexity index is 441. The highest BCUT2D eigenvalue weighted by atomic mass is 79.9. The highest BCUT2D eigenvalue weighted by molar-refractivity contribution is 9.10. The summed E-state index contributed by atoms with van der Waals surface area (Å²) < 4.78 is 1.15. The van der Waals surface area contributed by atoms with E-state index in [1.54, 1.807) is 0 Å². The van der Waals surface area contributed by atoms with Gasteiger partial charge in [0.15, 0.2) is 0 Å². The molecule has 2 nitrogen and oxygen atoms in total. The van der Waals surface area contributed by atoms with E-state index in [9.17, 15) is 4.79 Å². The summed E-state index contributed by atoms with van der Waals surface area (Å²) in [5.41, 5.74) is 3.87. The molecule has 0 saturated carbocycles. The van der Waals surface area contributed by atoms with Gasteiger partial charge in [0, 0.05) is 17.4 Å². The zero-order valence-corrected chi connectivity index (χ0v) is 10.0. The summed E-state index contributed by atoms with van der Waals surface area (Å²) in [5, 5.41) is 0. The van der Waals surface area contributed by atoms with Gasteiger partial charge in [-0.05, 0) is 36.5 Å². The largest absolute Gasteiger partial charge is 0.312 e. The van der Waals surface area contributed by atoms with Crippen LogP contribution in [0.25, 0.3) is 0 Å². The Morgan fingerprint density at radius 1 is 1.20 bits per heavy atom. The number of amides is 1. The predicted octanol–water partition coefficient (Wildman–Crippen LogP) is 2.67. The predicted molar refractivity (Wildman–Crippen MR) is 63.1 cm³/mol. The van der Waals surface area contributed by atoms with Crippen molar-refractivity contribution < 1.29 is 4.79 Å². The van der Waals surface area contributed by atoms with Crippen LogP contribution in [0.1, 0.15) is 24.0 Å². The smallest absolute Gasteiger partial charge is 0.227 e. The Kier molecular flexibility index (Phi) is 2.09. The molecule has 2 aliphatic rings. The van der Waals surface area contributed by atoms with E-state index in [2.05, 4.69) is 28.1 Å². The Morgan fingerprint density at radius 3 is 2.93 bits per heavy atom. The number of anilines is 1. The third-order valence-corrected chi connectivity index (χ3v) is 4.04. The van der Waals surface area contributed by atoms with E-state index in [0.29, 0.717) is 12.3 Å². The first kappa shape index (κ1) is 9.40. The molecule has 1 amide bonds. The van der Waals surface area contributed by atoms with Crippen molar-refractivity contribution in [3.05, 3.63) is 27.7 Å². The molecule has 0 bridgehead atoms. The van der Waals surface area contributed by atoms with E-state index < -0.39 is 0 Å². The topological polar surface area (TPSA) is 20.3 Å². The molecule has 0 N–H and O–H groups in total. The zero-order chi connectivity index (χ0) is 10.4. The second kappa shape index (κ2) is 3.34. The molecular formula is C12H12BrNO. The molecule has 0 radical (unpaired) electrons. The van der Waals surface area contributed by atoms with Gasteiger partial charge in [-0.3, -0.25) is 4.79 Å². The second-order valence-electron chi connectivity index (χ2n) is 4.18. The summed E-state index contributed by atoms with van der Waals surface area (Å²) in [4.78, 5) is 13.8. The first-order chi connectivity index (χ1) is 7.27. The van der Waals surface area contributed by atoms with Crippen molar-refractivity contribution in [2.75, 3.05) is 11.4 Å². The highest BCUT2D eigenvalue weighted by Crippen LogP contribution is 2.39. The van der Waals surface area contributed by atoms with E-state index in [0.717, 1.165) is 30.3 Å². The molecule has 0 fully saturated rings. The molecule has 0 aliphatic carbocycles. The highest BCUT2D eigenvalue weighted by Gasteiger charge is 2.29. The first-order valence-corrected chi connectivity index (χ1v) is 6.17. The molecule has 3 rings (SSSR count). The Hall–Kier alpha value is -0.830. The van der Waals surface area contributed by atoms with Crippen molar-refractivity contribution in [3.8, 4) is 0 Å². The van der Waals surface area contributed by atoms with Crippen LogP contribution >= 0.6 is 15.9 Å². The zero-order valence-electron chi connectivity index (χ0n) is 8.42. The van der Waals surface area contributed by atoms with Crippen LogP contribution < -0.4 is 4.90 Å². The van der Waals surface area contributed by atoms with Gasteiger partial charge in [0.25, 0.3) is 0 Å². The first-order valence-electron chi connectivity index (χ1n) is 5.38. The van der Waals surface area contributed by atoms with Gasteiger partial charge in [-0.15, -0.1) is 0 Å². The fraction of sp³-hybridized carbons (Fsp3) is 0.417. The average molecular weight is 266 g/mol. The summed E-state index contributed by atoms with van der Waals surface area (Å²) in [6, 6.07) is 4.27. The normalized spacial score (nSPS) is 19.0. The average Bonchev–Trinajstić information content (AvgIpc) is 2.27. The maximum absolute atomic E-state index is 11.8. The number of carbonyl (C=O) groups excluding carboxylic acids is 1. The van der Waals surface area contributed by atoms with Gasteiger partial charge >= 0.3 is 0 Å². The Labute approximate surface area is 97.4 Å². The summed E-state index contributed by atoms with van der Waals surface area (Å²) in [6.07, 6.45) is 3.76. The molecule has 1 aromatic carbocycles. The van der Waals surface area contributed by atoms with Crippen LogP contribution in [-0.2, 0) is 17.6 Å². The number of carbonyl (C=O) groups is 1. The van der Waals surface area contributed by atoms with Gasteiger partial charge in [0.1, 0.15) is 0 Å². The Balaban J connectivity index is 2.25. The number of nitrogens with zero attached hydrogens (tertiary/aromatic N) is 1.